The van der Waals surface area contributed by atoms with Crippen molar-refractivity contribution in [2.24, 2.45) is 0 Å². The number of nitrogens with zero attached hydrogens (tertiary/aromatic N) is 3. The minimum Gasteiger partial charge on any atom is -0.496 e. The van der Waals surface area contributed by atoms with Gasteiger partial charge in [-0.25, -0.2) is 0 Å². The summed E-state index contributed by atoms with van der Waals surface area (Å²) in [5.41, 5.74) is 1.45. The van der Waals surface area contributed by atoms with E-state index in [0.29, 0.717) is 29.4 Å². The quantitative estimate of drug-likeness (QED) is 0.675. The molecule has 0 bridgehead atoms. The van der Waals surface area contributed by atoms with Crippen LogP contribution in [0.15, 0.2) is 48.5 Å². The lowest BCUT2D eigenvalue weighted by Crippen LogP contribution is -2.24. The average Bonchev–Trinajstić information content (AvgIpc) is 3.21. The summed E-state index contributed by atoms with van der Waals surface area (Å²) in [4.78, 5) is 13.0. The second-order valence-electron chi connectivity index (χ2n) is 5.53. The molecule has 1 aromatic heterocycles. The van der Waals surface area contributed by atoms with Gasteiger partial charge in [0.2, 0.25) is 5.91 Å². The maximum atomic E-state index is 13.0. The van der Waals surface area contributed by atoms with Crippen molar-refractivity contribution in [1.29, 1.82) is 0 Å². The molecule has 3 aromatic rings. The number of aromatic nitrogens is 4. The van der Waals surface area contributed by atoms with Crippen LogP contribution in [0.2, 0.25) is 0 Å². The highest BCUT2D eigenvalue weighted by Crippen LogP contribution is 2.28. The normalized spacial score (nSPS) is 11.6. The lowest BCUT2D eigenvalue weighted by Gasteiger charge is -2.16. The van der Waals surface area contributed by atoms with Gasteiger partial charge in [-0.1, -0.05) is 35.5 Å². The van der Waals surface area contributed by atoms with Crippen molar-refractivity contribution in [2.75, 3.05) is 19.5 Å². The lowest BCUT2D eigenvalue weighted by atomic mass is 9.97. The molecule has 0 fully saturated rings. The van der Waals surface area contributed by atoms with Gasteiger partial charge in [0.1, 0.15) is 17.4 Å². The Labute approximate surface area is 150 Å². The van der Waals surface area contributed by atoms with Gasteiger partial charge in [-0.05, 0) is 30.2 Å². The van der Waals surface area contributed by atoms with Gasteiger partial charge in [0.05, 0.1) is 19.9 Å². The van der Waals surface area contributed by atoms with Gasteiger partial charge in [0.25, 0.3) is 0 Å². The molecule has 134 valence electrons. The highest BCUT2D eigenvalue weighted by molar-refractivity contribution is 5.96. The monoisotopic (exact) mass is 353 g/mol. The van der Waals surface area contributed by atoms with Crippen molar-refractivity contribution in [1.82, 2.24) is 20.6 Å². The zero-order chi connectivity index (χ0) is 18.4. The number of tetrazole rings is 1. The number of carbonyl (C=O) groups excluding carboxylic acids is 1. The summed E-state index contributed by atoms with van der Waals surface area (Å²) in [7, 11) is 3.15. The summed E-state index contributed by atoms with van der Waals surface area (Å²) in [6.45, 7) is 0. The number of nitrogens with one attached hydrogen (secondary N) is 2. The third-order valence-corrected chi connectivity index (χ3v) is 3.97. The highest BCUT2D eigenvalue weighted by Gasteiger charge is 2.27. The Bertz CT molecular complexity index is 867. The first-order chi connectivity index (χ1) is 12.7. The van der Waals surface area contributed by atoms with Crippen LogP contribution in [0.5, 0.6) is 11.5 Å². The Morgan fingerprint density at radius 2 is 1.77 bits per heavy atom. The number of ether oxygens (including phenoxy) is 2. The van der Waals surface area contributed by atoms with E-state index in [1.807, 2.05) is 36.4 Å². The minimum atomic E-state index is -0.644. The Morgan fingerprint density at radius 3 is 2.46 bits per heavy atom. The number of aromatic amines is 1. The fraction of sp³-hybridized carbons (Fsp3) is 0.222. The Balaban J connectivity index is 1.88. The van der Waals surface area contributed by atoms with Crippen LogP contribution >= 0.6 is 0 Å². The second kappa shape index (κ2) is 8.11. The van der Waals surface area contributed by atoms with Crippen LogP contribution in [-0.2, 0) is 11.2 Å². The predicted molar refractivity (Wildman–Crippen MR) is 95.2 cm³/mol. The van der Waals surface area contributed by atoms with E-state index in [4.69, 9.17) is 9.47 Å². The number of carbonyl (C=O) groups is 1. The summed E-state index contributed by atoms with van der Waals surface area (Å²) in [5, 5.41) is 16.8. The molecule has 0 unspecified atom stereocenters. The first-order valence-corrected chi connectivity index (χ1v) is 8.02. The molecule has 0 aliphatic carbocycles. The largest absolute Gasteiger partial charge is 0.496 e. The number of hydrogen-bond acceptors (Lipinski definition) is 6. The standard InChI is InChI=1S/C18H19N5O3/c1-25-15-9-5-3-7-12(15)11-13(17-20-22-23-21-17)18(24)19-14-8-4-6-10-16(14)26-2/h3-10,13H,11H2,1-2H3,(H,19,24)(H,20,21,22,23)/t13-/m0/s1. The zero-order valence-corrected chi connectivity index (χ0v) is 14.5. The molecular formula is C18H19N5O3. The summed E-state index contributed by atoms with van der Waals surface area (Å²) in [6, 6.07) is 14.7. The molecule has 0 radical (unpaired) electrons. The molecule has 2 aromatic carbocycles. The molecule has 0 aliphatic rings. The summed E-state index contributed by atoms with van der Waals surface area (Å²) in [6.07, 6.45) is 0.366. The molecule has 8 heteroatoms. The third-order valence-electron chi connectivity index (χ3n) is 3.97. The number of hydrogen-bond donors (Lipinski definition) is 2. The van der Waals surface area contributed by atoms with Crippen molar-refractivity contribution in [3.8, 4) is 11.5 Å². The summed E-state index contributed by atoms with van der Waals surface area (Å²) >= 11 is 0. The first-order valence-electron chi connectivity index (χ1n) is 8.02. The van der Waals surface area contributed by atoms with Crippen molar-refractivity contribution in [2.45, 2.75) is 12.3 Å². The molecular weight excluding hydrogens is 334 g/mol. The molecule has 1 atom stereocenters. The summed E-state index contributed by atoms with van der Waals surface area (Å²) in [5.74, 6) is 0.677. The molecule has 0 saturated heterocycles. The fourth-order valence-electron chi connectivity index (χ4n) is 2.68. The van der Waals surface area contributed by atoms with Gasteiger partial charge < -0.3 is 14.8 Å². The van der Waals surface area contributed by atoms with Crippen LogP contribution < -0.4 is 14.8 Å². The van der Waals surface area contributed by atoms with Gasteiger partial charge in [0, 0.05) is 0 Å². The predicted octanol–water partition coefficient (Wildman–Crippen LogP) is 2.18. The van der Waals surface area contributed by atoms with Gasteiger partial charge >= 0.3 is 0 Å². The van der Waals surface area contributed by atoms with E-state index < -0.39 is 5.92 Å². The van der Waals surface area contributed by atoms with E-state index in [0.717, 1.165) is 5.56 Å². The molecule has 0 aliphatic heterocycles. The maximum Gasteiger partial charge on any atom is 0.235 e. The average molecular weight is 353 g/mol. The van der Waals surface area contributed by atoms with Crippen LogP contribution in [-0.4, -0.2) is 40.8 Å². The van der Waals surface area contributed by atoms with Crippen LogP contribution in [0.25, 0.3) is 0 Å². The Morgan fingerprint density at radius 1 is 1.08 bits per heavy atom. The molecule has 2 N–H and O–H groups in total. The number of para-hydroxylation sites is 3. The third kappa shape index (κ3) is 3.80. The molecule has 26 heavy (non-hydrogen) atoms. The summed E-state index contributed by atoms with van der Waals surface area (Å²) < 4.78 is 10.7. The van der Waals surface area contributed by atoms with Gasteiger partial charge in [0.15, 0.2) is 5.82 Å². The molecule has 8 nitrogen and oxygen atoms in total. The number of amides is 1. The number of benzene rings is 2. The molecule has 3 rings (SSSR count). The number of anilines is 1. The zero-order valence-electron chi connectivity index (χ0n) is 14.5. The SMILES string of the molecule is COc1ccccc1C[C@H](C(=O)Nc1ccccc1OC)c1nn[nH]n1. The topological polar surface area (TPSA) is 102 Å². The van der Waals surface area contributed by atoms with Crippen molar-refractivity contribution in [3.63, 3.8) is 0 Å². The maximum absolute atomic E-state index is 13.0. The Kier molecular flexibility index (Phi) is 5.43. The van der Waals surface area contributed by atoms with Crippen molar-refractivity contribution in [3.05, 3.63) is 59.9 Å². The number of methoxy groups -OCH3 is 2. The van der Waals surface area contributed by atoms with Crippen LogP contribution in [0, 0.1) is 0 Å². The number of H-pyrrole nitrogens is 1. The molecule has 1 amide bonds. The Hall–Kier alpha value is -3.42. The van der Waals surface area contributed by atoms with E-state index in [9.17, 15) is 4.79 Å². The van der Waals surface area contributed by atoms with Gasteiger partial charge in [-0.3, -0.25) is 4.79 Å². The molecule has 1 heterocycles. The second-order valence-corrected chi connectivity index (χ2v) is 5.53. The highest BCUT2D eigenvalue weighted by atomic mass is 16.5. The molecule has 0 spiro atoms. The molecule has 0 saturated carbocycles. The number of rotatable bonds is 7. The van der Waals surface area contributed by atoms with E-state index in [1.165, 1.54) is 0 Å². The van der Waals surface area contributed by atoms with Crippen LogP contribution in [0.4, 0.5) is 5.69 Å². The van der Waals surface area contributed by atoms with Crippen LogP contribution in [0.3, 0.4) is 0 Å². The minimum absolute atomic E-state index is 0.262. The van der Waals surface area contributed by atoms with E-state index >= 15 is 0 Å². The lowest BCUT2D eigenvalue weighted by molar-refractivity contribution is -0.117. The van der Waals surface area contributed by atoms with E-state index in [1.54, 1.807) is 26.4 Å². The fourth-order valence-corrected chi connectivity index (χ4v) is 2.68. The smallest absolute Gasteiger partial charge is 0.235 e. The van der Waals surface area contributed by atoms with E-state index in [2.05, 4.69) is 25.9 Å². The van der Waals surface area contributed by atoms with Crippen molar-refractivity contribution < 1.29 is 14.3 Å². The van der Waals surface area contributed by atoms with Crippen molar-refractivity contribution >= 4 is 11.6 Å². The van der Waals surface area contributed by atoms with E-state index in [-0.39, 0.29) is 5.91 Å². The first kappa shape index (κ1) is 17.4. The van der Waals surface area contributed by atoms with Crippen LogP contribution in [0.1, 0.15) is 17.3 Å². The van der Waals surface area contributed by atoms with Gasteiger partial charge in [-0.2, -0.15) is 5.21 Å². The van der Waals surface area contributed by atoms with Gasteiger partial charge in [-0.15, -0.1) is 10.2 Å².